The molecule has 0 radical (unpaired) electrons. The lowest BCUT2D eigenvalue weighted by atomic mass is 10.1. The van der Waals surface area contributed by atoms with E-state index in [1.165, 1.54) is 35.9 Å². The van der Waals surface area contributed by atoms with Crippen molar-refractivity contribution in [3.05, 3.63) is 52.6 Å². The van der Waals surface area contributed by atoms with Crippen LogP contribution in [0.2, 0.25) is 5.02 Å². The lowest BCUT2D eigenvalue weighted by Crippen LogP contribution is -2.48. The number of aromatic nitrogens is 2. The molecule has 0 aliphatic carbocycles. The molecule has 0 amide bonds. The summed E-state index contributed by atoms with van der Waals surface area (Å²) in [7, 11) is 1.17. The van der Waals surface area contributed by atoms with Gasteiger partial charge in [0.1, 0.15) is 17.3 Å². The third-order valence-corrected chi connectivity index (χ3v) is 5.23. The Morgan fingerprint density at radius 1 is 1.31 bits per heavy atom. The van der Waals surface area contributed by atoms with Gasteiger partial charge in [-0.1, -0.05) is 24.6 Å². The Labute approximate surface area is 185 Å². The third-order valence-electron chi connectivity index (χ3n) is 4.94. The number of rotatable bonds is 8. The Kier molecular flexibility index (Phi) is 6.77. The van der Waals surface area contributed by atoms with Gasteiger partial charge in [0.15, 0.2) is 12.0 Å². The number of carbonyl (C=O) groups is 1. The summed E-state index contributed by atoms with van der Waals surface area (Å²) in [6, 6.07) is 5.04. The number of fused-ring (bicyclic) bond motifs is 1. The standard InChI is InChI=1S/C20H19ClF3N3O5/c1-3-14(26(2)20(29,30)31)18-25-13-8-12(22)11(21)7-15(13)27(18)17-10(9-28)5-4-6-16(17)32-19(23)24/h4-9,14,19,29-31H,3H2,1-2H3/t14-/m1/s1. The minimum absolute atomic E-state index is 0.0263. The second kappa shape index (κ2) is 9.04. The molecule has 172 valence electrons. The van der Waals surface area contributed by atoms with Gasteiger partial charge in [0, 0.05) is 11.6 Å². The van der Waals surface area contributed by atoms with Crippen molar-refractivity contribution in [3.63, 3.8) is 0 Å². The summed E-state index contributed by atoms with van der Waals surface area (Å²) < 4.78 is 46.2. The highest BCUT2D eigenvalue weighted by atomic mass is 35.5. The van der Waals surface area contributed by atoms with Gasteiger partial charge >= 0.3 is 12.7 Å². The van der Waals surface area contributed by atoms with E-state index in [1.54, 1.807) is 6.92 Å². The van der Waals surface area contributed by atoms with E-state index < -0.39 is 24.6 Å². The molecule has 0 fully saturated rings. The van der Waals surface area contributed by atoms with E-state index in [4.69, 9.17) is 11.6 Å². The molecule has 3 aromatic rings. The SMILES string of the molecule is CC[C@H](c1nc2cc(F)c(Cl)cc2n1-c1c(C=O)cccc1OC(F)F)N(C)C(O)(O)O. The van der Waals surface area contributed by atoms with Crippen LogP contribution >= 0.6 is 11.6 Å². The summed E-state index contributed by atoms with van der Waals surface area (Å²) in [5.41, 5.74) is -0.0397. The lowest BCUT2D eigenvalue weighted by Gasteiger charge is -2.33. The van der Waals surface area contributed by atoms with E-state index >= 15 is 0 Å². The number of para-hydroxylation sites is 1. The molecule has 0 saturated carbocycles. The van der Waals surface area contributed by atoms with Crippen LogP contribution in [0, 0.1) is 5.82 Å². The van der Waals surface area contributed by atoms with Gasteiger partial charge in [-0.25, -0.2) is 14.3 Å². The molecule has 32 heavy (non-hydrogen) atoms. The lowest BCUT2D eigenvalue weighted by molar-refractivity contribution is -0.396. The summed E-state index contributed by atoms with van der Waals surface area (Å²) in [4.78, 5) is 16.8. The number of hydrogen-bond donors (Lipinski definition) is 3. The maximum absolute atomic E-state index is 14.1. The predicted octanol–water partition coefficient (Wildman–Crippen LogP) is 3.20. The van der Waals surface area contributed by atoms with Crippen LogP contribution in [0.3, 0.4) is 0 Å². The van der Waals surface area contributed by atoms with Crippen LogP contribution in [0.5, 0.6) is 5.75 Å². The molecule has 0 unspecified atom stereocenters. The fourth-order valence-corrected chi connectivity index (χ4v) is 3.61. The van der Waals surface area contributed by atoms with Crippen LogP contribution in [0.15, 0.2) is 30.3 Å². The maximum Gasteiger partial charge on any atom is 0.387 e. The van der Waals surface area contributed by atoms with Gasteiger partial charge in [0.05, 0.1) is 22.1 Å². The molecule has 0 saturated heterocycles. The van der Waals surface area contributed by atoms with Gasteiger partial charge in [0.25, 0.3) is 0 Å². The van der Waals surface area contributed by atoms with E-state index in [0.29, 0.717) is 6.29 Å². The van der Waals surface area contributed by atoms with Crippen LogP contribution in [-0.4, -0.2) is 55.8 Å². The zero-order valence-electron chi connectivity index (χ0n) is 16.8. The van der Waals surface area contributed by atoms with Crippen molar-refractivity contribution in [1.82, 2.24) is 14.5 Å². The number of imidazole rings is 1. The fourth-order valence-electron chi connectivity index (χ4n) is 3.45. The van der Waals surface area contributed by atoms with Crippen molar-refractivity contribution in [2.24, 2.45) is 0 Å². The van der Waals surface area contributed by atoms with Crippen molar-refractivity contribution in [1.29, 1.82) is 0 Å². The summed E-state index contributed by atoms with van der Waals surface area (Å²) in [6.07, 6.45) is -2.72. The van der Waals surface area contributed by atoms with Crippen LogP contribution < -0.4 is 4.74 Å². The molecule has 8 nitrogen and oxygen atoms in total. The van der Waals surface area contributed by atoms with Crippen molar-refractivity contribution < 1.29 is 38.0 Å². The first-order chi connectivity index (χ1) is 15.0. The van der Waals surface area contributed by atoms with Gasteiger partial charge in [-0.15, -0.1) is 0 Å². The first kappa shape index (κ1) is 24.0. The molecule has 0 aliphatic heterocycles. The van der Waals surface area contributed by atoms with Crippen molar-refractivity contribution in [2.75, 3.05) is 7.05 Å². The van der Waals surface area contributed by atoms with Gasteiger partial charge in [-0.2, -0.15) is 8.78 Å². The highest BCUT2D eigenvalue weighted by Crippen LogP contribution is 2.37. The number of hydrogen-bond acceptors (Lipinski definition) is 7. The van der Waals surface area contributed by atoms with Gasteiger partial charge in [-0.3, -0.25) is 9.36 Å². The molecule has 3 rings (SSSR count). The van der Waals surface area contributed by atoms with Crippen LogP contribution in [0.4, 0.5) is 13.2 Å². The summed E-state index contributed by atoms with van der Waals surface area (Å²) in [6.45, 7) is -1.59. The van der Waals surface area contributed by atoms with Gasteiger partial charge in [0.2, 0.25) is 0 Å². The van der Waals surface area contributed by atoms with Crippen LogP contribution in [-0.2, 0) is 0 Å². The zero-order valence-corrected chi connectivity index (χ0v) is 17.6. The highest BCUT2D eigenvalue weighted by molar-refractivity contribution is 6.31. The van der Waals surface area contributed by atoms with Gasteiger partial charge in [-0.05, 0) is 31.7 Å². The Balaban J connectivity index is 2.44. The average molecular weight is 474 g/mol. The first-order valence-electron chi connectivity index (χ1n) is 9.30. The molecule has 0 aliphatic rings. The quantitative estimate of drug-likeness (QED) is 0.340. The van der Waals surface area contributed by atoms with E-state index in [1.807, 2.05) is 0 Å². The van der Waals surface area contributed by atoms with Crippen LogP contribution in [0.25, 0.3) is 16.7 Å². The minimum atomic E-state index is -3.26. The minimum Gasteiger partial charge on any atom is -0.433 e. The summed E-state index contributed by atoms with van der Waals surface area (Å²) >= 11 is 5.94. The van der Waals surface area contributed by atoms with Gasteiger partial charge < -0.3 is 20.1 Å². The number of nitrogens with zero attached hydrogens (tertiary/aromatic N) is 3. The third kappa shape index (κ3) is 4.43. The molecule has 0 spiro atoms. The molecule has 1 aromatic heterocycles. The Bertz CT molecular complexity index is 1150. The first-order valence-corrected chi connectivity index (χ1v) is 9.68. The van der Waals surface area contributed by atoms with E-state index in [9.17, 15) is 33.3 Å². The number of carbonyl (C=O) groups excluding carboxylic acids is 1. The molecule has 1 atom stereocenters. The van der Waals surface area contributed by atoms with Crippen molar-refractivity contribution >= 4 is 28.9 Å². The summed E-state index contributed by atoms with van der Waals surface area (Å²) in [5, 5.41) is 28.8. The number of alkyl halides is 2. The fraction of sp³-hybridized carbons (Fsp3) is 0.300. The number of aliphatic hydroxyl groups is 3. The molecular weight excluding hydrogens is 455 g/mol. The van der Waals surface area contributed by atoms with Crippen molar-refractivity contribution in [2.45, 2.75) is 32.1 Å². The molecular formula is C20H19ClF3N3O5. The number of ether oxygens (including phenoxy) is 1. The van der Waals surface area contributed by atoms with E-state index in [-0.39, 0.29) is 45.3 Å². The second-order valence-electron chi connectivity index (χ2n) is 6.89. The second-order valence-corrected chi connectivity index (χ2v) is 7.29. The van der Waals surface area contributed by atoms with Crippen molar-refractivity contribution in [3.8, 4) is 11.4 Å². The number of halogens is 4. The molecule has 12 heteroatoms. The maximum atomic E-state index is 14.1. The predicted molar refractivity (Wildman–Crippen MR) is 108 cm³/mol. The Morgan fingerprint density at radius 3 is 2.56 bits per heavy atom. The zero-order chi connectivity index (χ0) is 23.8. The number of aldehydes is 1. The largest absolute Gasteiger partial charge is 0.433 e. The number of benzene rings is 2. The molecule has 0 bridgehead atoms. The Hall–Kier alpha value is -2.70. The highest BCUT2D eigenvalue weighted by Gasteiger charge is 2.36. The smallest absolute Gasteiger partial charge is 0.387 e. The monoisotopic (exact) mass is 473 g/mol. The summed E-state index contributed by atoms with van der Waals surface area (Å²) in [5.74, 6) is -1.21. The molecule has 2 aromatic carbocycles. The van der Waals surface area contributed by atoms with E-state index in [2.05, 4.69) is 9.72 Å². The normalized spacial score (nSPS) is 13.2. The van der Waals surface area contributed by atoms with E-state index in [0.717, 1.165) is 11.0 Å². The Morgan fingerprint density at radius 2 is 2.00 bits per heavy atom. The topological polar surface area (TPSA) is 108 Å². The average Bonchev–Trinajstić information content (AvgIpc) is 3.05. The molecule has 1 heterocycles. The molecule has 3 N–H and O–H groups in total. The van der Waals surface area contributed by atoms with Crippen LogP contribution in [0.1, 0.15) is 35.6 Å².